The van der Waals surface area contributed by atoms with Gasteiger partial charge in [-0.15, -0.1) is 0 Å². The quantitative estimate of drug-likeness (QED) is 0.790. The zero-order valence-electron chi connectivity index (χ0n) is 10.2. The fraction of sp³-hybridized carbons (Fsp3) is 0.600. The number of rotatable bonds is 2. The first kappa shape index (κ1) is 10.2. The molecule has 3 rings (SSSR count). The van der Waals surface area contributed by atoms with E-state index < -0.39 is 0 Å². The zero-order valence-corrected chi connectivity index (χ0v) is 10.2. The number of benzene rings is 1. The lowest BCUT2D eigenvalue weighted by molar-refractivity contribution is 0.328. The maximum atomic E-state index is 3.79. The number of nitrogens with one attached hydrogen (secondary N) is 1. The topological polar surface area (TPSA) is 12.0 Å². The van der Waals surface area contributed by atoms with Crippen molar-refractivity contribution in [3.05, 3.63) is 29.8 Å². The van der Waals surface area contributed by atoms with Gasteiger partial charge in [-0.2, -0.15) is 0 Å². The van der Waals surface area contributed by atoms with Crippen LogP contribution in [-0.4, -0.2) is 6.04 Å². The predicted octanol–water partition coefficient (Wildman–Crippen LogP) is 3.84. The Labute approximate surface area is 98.3 Å². The van der Waals surface area contributed by atoms with E-state index in [-0.39, 0.29) is 0 Å². The molecule has 0 amide bonds. The van der Waals surface area contributed by atoms with Gasteiger partial charge in [0.1, 0.15) is 0 Å². The van der Waals surface area contributed by atoms with Gasteiger partial charge in [-0.25, -0.2) is 0 Å². The van der Waals surface area contributed by atoms with E-state index in [9.17, 15) is 0 Å². The molecule has 0 spiro atoms. The predicted molar refractivity (Wildman–Crippen MR) is 68.6 cm³/mol. The van der Waals surface area contributed by atoms with Crippen molar-refractivity contribution in [2.24, 2.45) is 17.8 Å². The van der Waals surface area contributed by atoms with Gasteiger partial charge in [-0.3, -0.25) is 0 Å². The third kappa shape index (κ3) is 1.53. The highest BCUT2D eigenvalue weighted by Gasteiger charge is 2.45. The molecular formula is C15H21N. The van der Waals surface area contributed by atoms with Crippen LogP contribution in [0.4, 0.5) is 5.69 Å². The van der Waals surface area contributed by atoms with Crippen LogP contribution in [0.1, 0.15) is 31.7 Å². The molecule has 0 aromatic heterocycles. The van der Waals surface area contributed by atoms with Gasteiger partial charge in [0.25, 0.3) is 0 Å². The van der Waals surface area contributed by atoms with Gasteiger partial charge in [-0.1, -0.05) is 25.1 Å². The van der Waals surface area contributed by atoms with Crippen LogP contribution in [-0.2, 0) is 0 Å². The molecule has 1 aromatic carbocycles. The van der Waals surface area contributed by atoms with Crippen molar-refractivity contribution >= 4 is 5.69 Å². The Morgan fingerprint density at radius 1 is 1.12 bits per heavy atom. The Kier molecular flexibility index (Phi) is 2.42. The molecule has 1 N–H and O–H groups in total. The molecule has 2 aliphatic carbocycles. The lowest BCUT2D eigenvalue weighted by Crippen LogP contribution is -2.33. The van der Waals surface area contributed by atoms with Crippen molar-refractivity contribution in [3.63, 3.8) is 0 Å². The molecule has 2 fully saturated rings. The van der Waals surface area contributed by atoms with Crippen LogP contribution >= 0.6 is 0 Å². The van der Waals surface area contributed by atoms with Crippen LogP contribution in [0, 0.1) is 24.7 Å². The summed E-state index contributed by atoms with van der Waals surface area (Å²) in [5.74, 6) is 2.78. The number of anilines is 1. The maximum Gasteiger partial charge on any atom is 0.0372 e. The second kappa shape index (κ2) is 3.80. The Morgan fingerprint density at radius 2 is 1.88 bits per heavy atom. The number of fused-ring (bicyclic) bond motifs is 2. The standard InChI is InChI=1S/C15H21N/c1-10-5-3-4-6-14(10)16-15-11(2)12-7-8-13(15)9-12/h3-6,11-13,15-16H,7-9H2,1-2H3/t11-,12?,13?,15-/m1/s1. The maximum absolute atomic E-state index is 3.79. The van der Waals surface area contributed by atoms with Gasteiger partial charge in [0, 0.05) is 11.7 Å². The Bertz CT molecular complexity index is 383. The summed E-state index contributed by atoms with van der Waals surface area (Å²) < 4.78 is 0. The number of hydrogen-bond donors (Lipinski definition) is 1. The van der Waals surface area contributed by atoms with E-state index in [4.69, 9.17) is 0 Å². The van der Waals surface area contributed by atoms with Crippen LogP contribution in [0.25, 0.3) is 0 Å². The minimum absolute atomic E-state index is 0.722. The molecule has 2 bridgehead atoms. The van der Waals surface area contributed by atoms with Gasteiger partial charge >= 0.3 is 0 Å². The fourth-order valence-corrected chi connectivity index (χ4v) is 3.74. The summed E-state index contributed by atoms with van der Waals surface area (Å²) in [7, 11) is 0. The zero-order chi connectivity index (χ0) is 11.1. The first-order valence-corrected chi connectivity index (χ1v) is 6.58. The van der Waals surface area contributed by atoms with Gasteiger partial charge in [0.05, 0.1) is 0 Å². The first-order valence-electron chi connectivity index (χ1n) is 6.58. The summed E-state index contributed by atoms with van der Waals surface area (Å²) in [5, 5.41) is 3.79. The van der Waals surface area contributed by atoms with Crippen molar-refractivity contribution in [3.8, 4) is 0 Å². The monoisotopic (exact) mass is 215 g/mol. The Hall–Kier alpha value is -0.980. The molecule has 0 saturated heterocycles. The minimum atomic E-state index is 0.722. The molecule has 86 valence electrons. The van der Waals surface area contributed by atoms with E-state index in [1.807, 2.05) is 0 Å². The number of aryl methyl sites for hydroxylation is 1. The summed E-state index contributed by atoms with van der Waals surface area (Å²) in [6.07, 6.45) is 4.38. The summed E-state index contributed by atoms with van der Waals surface area (Å²) >= 11 is 0. The lowest BCUT2D eigenvalue weighted by atomic mass is 9.85. The highest BCUT2D eigenvalue weighted by molar-refractivity contribution is 5.51. The van der Waals surface area contributed by atoms with Gasteiger partial charge < -0.3 is 5.32 Å². The summed E-state index contributed by atoms with van der Waals surface area (Å²) in [5.41, 5.74) is 2.71. The SMILES string of the molecule is Cc1ccccc1N[C@H]1C2CCC(C2)[C@H]1C. The molecule has 0 radical (unpaired) electrons. The molecule has 1 nitrogen and oxygen atoms in total. The van der Waals surface area contributed by atoms with E-state index in [0.717, 1.165) is 23.8 Å². The van der Waals surface area contributed by atoms with Crippen molar-refractivity contribution in [1.82, 2.24) is 0 Å². The molecule has 2 aliphatic rings. The number of hydrogen-bond acceptors (Lipinski definition) is 1. The van der Waals surface area contributed by atoms with E-state index in [1.54, 1.807) is 0 Å². The summed E-state index contributed by atoms with van der Waals surface area (Å²) in [6.45, 7) is 4.62. The van der Waals surface area contributed by atoms with Crippen molar-refractivity contribution in [1.29, 1.82) is 0 Å². The smallest absolute Gasteiger partial charge is 0.0372 e. The van der Waals surface area contributed by atoms with Crippen molar-refractivity contribution in [2.75, 3.05) is 5.32 Å². The molecule has 2 saturated carbocycles. The van der Waals surface area contributed by atoms with Crippen LogP contribution in [0.5, 0.6) is 0 Å². The van der Waals surface area contributed by atoms with E-state index >= 15 is 0 Å². The largest absolute Gasteiger partial charge is 0.382 e. The summed E-state index contributed by atoms with van der Waals surface area (Å²) in [6, 6.07) is 9.38. The van der Waals surface area contributed by atoms with E-state index in [0.29, 0.717) is 0 Å². The van der Waals surface area contributed by atoms with Crippen molar-refractivity contribution < 1.29 is 0 Å². The average molecular weight is 215 g/mol. The Balaban J connectivity index is 1.78. The highest BCUT2D eigenvalue weighted by Crippen LogP contribution is 2.49. The normalized spacial score (nSPS) is 36.6. The van der Waals surface area contributed by atoms with E-state index in [2.05, 4.69) is 43.4 Å². The molecule has 16 heavy (non-hydrogen) atoms. The van der Waals surface area contributed by atoms with E-state index in [1.165, 1.54) is 30.5 Å². The molecular weight excluding hydrogens is 194 g/mol. The van der Waals surface area contributed by atoms with Gasteiger partial charge in [0.2, 0.25) is 0 Å². The van der Waals surface area contributed by atoms with Crippen LogP contribution in [0.15, 0.2) is 24.3 Å². The lowest BCUT2D eigenvalue weighted by Gasteiger charge is -2.30. The van der Waals surface area contributed by atoms with Crippen molar-refractivity contribution in [2.45, 2.75) is 39.2 Å². The molecule has 4 atom stereocenters. The molecule has 1 heteroatoms. The van der Waals surface area contributed by atoms with Gasteiger partial charge in [0.15, 0.2) is 0 Å². The van der Waals surface area contributed by atoms with Gasteiger partial charge in [-0.05, 0) is 55.6 Å². The highest BCUT2D eigenvalue weighted by atomic mass is 15.0. The summed E-state index contributed by atoms with van der Waals surface area (Å²) in [4.78, 5) is 0. The van der Waals surface area contributed by atoms with Crippen LogP contribution < -0.4 is 5.32 Å². The Morgan fingerprint density at radius 3 is 2.56 bits per heavy atom. The second-order valence-corrected chi connectivity index (χ2v) is 5.68. The fourth-order valence-electron chi connectivity index (χ4n) is 3.74. The molecule has 2 unspecified atom stereocenters. The van der Waals surface area contributed by atoms with Crippen LogP contribution in [0.3, 0.4) is 0 Å². The number of para-hydroxylation sites is 1. The minimum Gasteiger partial charge on any atom is -0.382 e. The molecule has 0 aliphatic heterocycles. The molecule has 1 aromatic rings. The third-order valence-electron chi connectivity index (χ3n) is 4.80. The molecule has 0 heterocycles. The third-order valence-corrected chi connectivity index (χ3v) is 4.80. The second-order valence-electron chi connectivity index (χ2n) is 5.68. The average Bonchev–Trinajstić information content (AvgIpc) is 2.85. The first-order chi connectivity index (χ1) is 7.75. The van der Waals surface area contributed by atoms with Crippen LogP contribution in [0.2, 0.25) is 0 Å².